The minimum absolute atomic E-state index is 0.0829. The van der Waals surface area contributed by atoms with Crippen molar-refractivity contribution in [3.63, 3.8) is 0 Å². The lowest BCUT2D eigenvalue weighted by Gasteiger charge is -2.13. The van der Waals surface area contributed by atoms with Crippen molar-refractivity contribution in [2.75, 3.05) is 6.26 Å². The molecule has 0 unspecified atom stereocenters. The molecule has 0 saturated heterocycles. The fourth-order valence-electron chi connectivity index (χ4n) is 2.91. The Hall–Kier alpha value is -1.55. The van der Waals surface area contributed by atoms with Gasteiger partial charge in [0.25, 0.3) is 10.1 Å². The highest BCUT2D eigenvalue weighted by atomic mass is 35.5. The van der Waals surface area contributed by atoms with E-state index in [1.807, 2.05) is 44.2 Å². The average molecular weight is 515 g/mol. The Balaban J connectivity index is 1.94. The van der Waals surface area contributed by atoms with Gasteiger partial charge >= 0.3 is 0 Å². The number of nitrogens with zero attached hydrogens (tertiary/aromatic N) is 2. The van der Waals surface area contributed by atoms with Crippen LogP contribution in [0, 0.1) is 0 Å². The van der Waals surface area contributed by atoms with Crippen molar-refractivity contribution in [3.8, 4) is 0 Å². The van der Waals surface area contributed by atoms with Gasteiger partial charge in [-0.2, -0.15) is 8.42 Å². The van der Waals surface area contributed by atoms with Gasteiger partial charge < -0.3 is 4.74 Å². The van der Waals surface area contributed by atoms with Crippen LogP contribution in [-0.4, -0.2) is 24.2 Å². The Labute approximate surface area is 203 Å². The van der Waals surface area contributed by atoms with Crippen LogP contribution in [0.15, 0.2) is 58.5 Å². The van der Waals surface area contributed by atoms with Crippen molar-refractivity contribution in [2.24, 2.45) is 0 Å². The van der Waals surface area contributed by atoms with E-state index in [1.165, 1.54) is 11.8 Å². The normalized spacial score (nSPS) is 11.9. The van der Waals surface area contributed by atoms with Gasteiger partial charge in [0.2, 0.25) is 0 Å². The number of imidazole rings is 1. The summed E-state index contributed by atoms with van der Waals surface area (Å²) in [5, 5.41) is 1.77. The minimum Gasteiger partial charge on any atom is -0.369 e. The molecule has 0 fully saturated rings. The van der Waals surface area contributed by atoms with E-state index < -0.39 is 10.1 Å². The number of hydrogen-bond acceptors (Lipinski definition) is 6. The average Bonchev–Trinajstić information content (AvgIpc) is 3.03. The van der Waals surface area contributed by atoms with Gasteiger partial charge in [0.05, 0.1) is 18.6 Å². The van der Waals surface area contributed by atoms with E-state index in [9.17, 15) is 8.42 Å². The van der Waals surface area contributed by atoms with Crippen LogP contribution in [0.2, 0.25) is 10.0 Å². The number of aromatic nitrogens is 2. The summed E-state index contributed by atoms with van der Waals surface area (Å²) < 4.78 is 36.1. The van der Waals surface area contributed by atoms with Crippen LogP contribution >= 0.6 is 35.0 Å². The molecule has 0 spiro atoms. The molecule has 3 rings (SSSR count). The lowest BCUT2D eigenvalue weighted by molar-refractivity contribution is 0.0943. The standard InChI is InChI=1S/C22H24Cl2N2O4S2/c1-15(2)21-22(31-19-10-17(23)9-18(24)11-19)26(14-30-32(3,27)28)20(25-21)13-29-12-16-7-5-4-6-8-16/h4-11,15H,12-14H2,1-3H3. The third kappa shape index (κ3) is 7.23. The zero-order valence-electron chi connectivity index (χ0n) is 17.9. The quantitative estimate of drug-likeness (QED) is 0.303. The number of halogens is 2. The lowest BCUT2D eigenvalue weighted by atomic mass is 10.2. The van der Waals surface area contributed by atoms with Crippen molar-refractivity contribution in [1.29, 1.82) is 0 Å². The van der Waals surface area contributed by atoms with Crippen molar-refractivity contribution < 1.29 is 17.3 Å². The molecular weight excluding hydrogens is 491 g/mol. The van der Waals surface area contributed by atoms with Crippen LogP contribution in [0.5, 0.6) is 0 Å². The zero-order valence-corrected chi connectivity index (χ0v) is 21.1. The highest BCUT2D eigenvalue weighted by Crippen LogP contribution is 2.37. The number of hydrogen-bond donors (Lipinski definition) is 0. The summed E-state index contributed by atoms with van der Waals surface area (Å²) >= 11 is 13.7. The molecule has 1 aromatic heterocycles. The van der Waals surface area contributed by atoms with Crippen LogP contribution in [0.3, 0.4) is 0 Å². The molecule has 0 aliphatic carbocycles. The topological polar surface area (TPSA) is 70.4 Å². The van der Waals surface area contributed by atoms with Gasteiger partial charge in [-0.1, -0.05) is 79.1 Å². The number of rotatable bonds is 10. The van der Waals surface area contributed by atoms with Crippen LogP contribution < -0.4 is 0 Å². The molecule has 3 aromatic rings. The first-order valence-electron chi connectivity index (χ1n) is 9.81. The predicted molar refractivity (Wildman–Crippen MR) is 128 cm³/mol. The van der Waals surface area contributed by atoms with Gasteiger partial charge in [-0.25, -0.2) is 9.17 Å². The molecule has 10 heteroatoms. The van der Waals surface area contributed by atoms with Crippen molar-refractivity contribution in [3.05, 3.63) is 75.7 Å². The number of benzene rings is 2. The molecule has 2 aromatic carbocycles. The molecule has 0 bridgehead atoms. The summed E-state index contributed by atoms with van der Waals surface area (Å²) in [6.07, 6.45) is 1.02. The molecule has 1 heterocycles. The third-order valence-corrected chi connectivity index (χ3v) is 6.43. The Kier molecular flexibility index (Phi) is 8.66. The molecule has 0 atom stereocenters. The van der Waals surface area contributed by atoms with Gasteiger partial charge in [-0.3, -0.25) is 4.57 Å². The van der Waals surface area contributed by atoms with Crippen molar-refractivity contribution in [1.82, 2.24) is 9.55 Å². The Bertz CT molecular complexity index is 1150. The summed E-state index contributed by atoms with van der Waals surface area (Å²) in [7, 11) is -3.66. The molecule has 6 nitrogen and oxygen atoms in total. The highest BCUT2D eigenvalue weighted by Gasteiger charge is 2.22. The molecule has 172 valence electrons. The fourth-order valence-corrected chi connectivity index (χ4v) is 5.11. The van der Waals surface area contributed by atoms with Crippen molar-refractivity contribution >= 4 is 45.1 Å². The van der Waals surface area contributed by atoms with Gasteiger partial charge in [0, 0.05) is 14.9 Å². The zero-order chi connectivity index (χ0) is 23.3. The lowest BCUT2D eigenvalue weighted by Crippen LogP contribution is -2.13. The molecule has 0 amide bonds. The third-order valence-electron chi connectivity index (χ3n) is 4.36. The van der Waals surface area contributed by atoms with E-state index in [4.69, 9.17) is 37.1 Å². The summed E-state index contributed by atoms with van der Waals surface area (Å²) in [6.45, 7) is 4.43. The largest absolute Gasteiger partial charge is 0.369 e. The van der Waals surface area contributed by atoms with Gasteiger partial charge in [0.15, 0.2) is 0 Å². The maximum absolute atomic E-state index is 11.7. The van der Waals surface area contributed by atoms with E-state index in [2.05, 4.69) is 0 Å². The first-order chi connectivity index (χ1) is 15.1. The Morgan fingerprint density at radius 3 is 2.31 bits per heavy atom. The molecule has 0 N–H and O–H groups in total. The summed E-state index contributed by atoms with van der Waals surface area (Å²) in [6, 6.07) is 15.0. The Morgan fingerprint density at radius 2 is 1.72 bits per heavy atom. The van der Waals surface area contributed by atoms with E-state index in [0.29, 0.717) is 22.5 Å². The maximum atomic E-state index is 11.7. The van der Waals surface area contributed by atoms with Crippen LogP contribution in [0.1, 0.15) is 36.8 Å². The van der Waals surface area contributed by atoms with E-state index in [-0.39, 0.29) is 19.3 Å². The number of ether oxygens (including phenoxy) is 1. The Morgan fingerprint density at radius 1 is 1.06 bits per heavy atom. The minimum atomic E-state index is -3.66. The van der Waals surface area contributed by atoms with Gasteiger partial charge in [-0.15, -0.1) is 0 Å². The molecule has 0 saturated carbocycles. The second-order valence-corrected chi connectivity index (χ2v) is 11.0. The molecule has 0 radical (unpaired) electrons. The molecule has 32 heavy (non-hydrogen) atoms. The van der Waals surface area contributed by atoms with Crippen LogP contribution in [0.25, 0.3) is 0 Å². The maximum Gasteiger partial charge on any atom is 0.266 e. The van der Waals surface area contributed by atoms with E-state index >= 15 is 0 Å². The van der Waals surface area contributed by atoms with Gasteiger partial charge in [0.1, 0.15) is 24.2 Å². The second kappa shape index (κ2) is 11.0. The first kappa shape index (κ1) is 25.1. The monoisotopic (exact) mass is 514 g/mol. The van der Waals surface area contributed by atoms with Gasteiger partial charge in [-0.05, 0) is 29.7 Å². The van der Waals surface area contributed by atoms with E-state index in [1.54, 1.807) is 22.8 Å². The summed E-state index contributed by atoms with van der Waals surface area (Å²) in [5.74, 6) is 0.656. The molecular formula is C22H24Cl2N2O4S2. The second-order valence-electron chi connectivity index (χ2n) is 7.44. The highest BCUT2D eigenvalue weighted by molar-refractivity contribution is 7.99. The fraction of sp³-hybridized carbons (Fsp3) is 0.318. The van der Waals surface area contributed by atoms with Crippen LogP contribution in [-0.2, 0) is 39.0 Å². The summed E-state index contributed by atoms with van der Waals surface area (Å²) in [5.41, 5.74) is 1.84. The van der Waals surface area contributed by atoms with E-state index in [0.717, 1.165) is 27.4 Å². The van der Waals surface area contributed by atoms with Crippen molar-refractivity contribution in [2.45, 2.75) is 49.6 Å². The van der Waals surface area contributed by atoms with Crippen LogP contribution in [0.4, 0.5) is 0 Å². The SMILES string of the molecule is CC(C)c1nc(COCc2ccccc2)n(COS(C)(=O)=O)c1Sc1cc(Cl)cc(Cl)c1. The summed E-state index contributed by atoms with van der Waals surface area (Å²) in [4.78, 5) is 5.57. The molecule has 0 aliphatic heterocycles. The smallest absolute Gasteiger partial charge is 0.266 e. The first-order valence-corrected chi connectivity index (χ1v) is 13.2. The molecule has 0 aliphatic rings. The predicted octanol–water partition coefficient (Wildman–Crippen LogP) is 6.12.